The van der Waals surface area contributed by atoms with Crippen LogP contribution in [-0.2, 0) is 9.53 Å². The summed E-state index contributed by atoms with van der Waals surface area (Å²) in [6.07, 6.45) is -0.165. The number of H-pyrrole nitrogens is 1. The minimum absolute atomic E-state index is 0.0565. The van der Waals surface area contributed by atoms with E-state index in [1.54, 1.807) is 43.3 Å². The smallest absolute Gasteiger partial charge is 0.306 e. The number of hydrogen-bond acceptors (Lipinski definition) is 7. The minimum atomic E-state index is -0.818. The van der Waals surface area contributed by atoms with E-state index in [2.05, 4.69) is 4.98 Å². The maximum Gasteiger partial charge on any atom is 0.306 e. The number of aromatic hydroxyl groups is 1. The molecule has 0 bridgehead atoms. The van der Waals surface area contributed by atoms with Crippen LogP contribution in [0.2, 0.25) is 0 Å². The van der Waals surface area contributed by atoms with Crippen LogP contribution in [0.25, 0.3) is 10.9 Å². The number of carbonyl (C=O) groups excluding carboxylic acids is 1. The number of hydrogen-bond donors (Lipinski definition) is 2. The summed E-state index contributed by atoms with van der Waals surface area (Å²) in [5.41, 5.74) is 0.576. The lowest BCUT2D eigenvalue weighted by Gasteiger charge is -2.21. The number of benzene rings is 2. The molecule has 0 fully saturated rings. The van der Waals surface area contributed by atoms with Gasteiger partial charge in [0.25, 0.3) is 5.56 Å². The molecule has 0 radical (unpaired) electrons. The van der Waals surface area contributed by atoms with Gasteiger partial charge in [-0.3, -0.25) is 9.59 Å². The minimum Gasteiger partial charge on any atom is -0.507 e. The van der Waals surface area contributed by atoms with Crippen molar-refractivity contribution in [1.82, 2.24) is 4.98 Å². The number of fused-ring (bicyclic) bond motifs is 1. The van der Waals surface area contributed by atoms with Crippen molar-refractivity contribution in [3.8, 4) is 23.0 Å². The second-order valence-electron chi connectivity index (χ2n) is 6.78. The van der Waals surface area contributed by atoms with Gasteiger partial charge in [-0.15, -0.1) is 0 Å². The third-order valence-corrected chi connectivity index (χ3v) is 5.04. The molecule has 2 aromatic carbocycles. The molecule has 0 amide bonds. The normalized spacial score (nSPS) is 11.7. The molecule has 0 saturated heterocycles. The summed E-state index contributed by atoms with van der Waals surface area (Å²) in [6.45, 7) is 1.90. The topological polar surface area (TPSA) is 107 Å². The van der Waals surface area contributed by atoms with E-state index >= 15 is 0 Å². The number of aromatic amines is 1. The summed E-state index contributed by atoms with van der Waals surface area (Å²) in [6, 6.07) is 10.2. The van der Waals surface area contributed by atoms with Crippen molar-refractivity contribution in [2.75, 3.05) is 27.9 Å². The summed E-state index contributed by atoms with van der Waals surface area (Å²) in [7, 11) is 4.43. The number of nitrogens with one attached hydrogen (secondary N) is 1. The summed E-state index contributed by atoms with van der Waals surface area (Å²) < 4.78 is 21.3. The Morgan fingerprint density at radius 2 is 1.71 bits per heavy atom. The molecule has 2 N–H and O–H groups in total. The van der Waals surface area contributed by atoms with E-state index in [9.17, 15) is 14.7 Å². The second kappa shape index (κ2) is 9.42. The van der Waals surface area contributed by atoms with Crippen LogP contribution in [0.1, 0.15) is 30.4 Å². The maximum absolute atomic E-state index is 13.0. The summed E-state index contributed by atoms with van der Waals surface area (Å²) >= 11 is 0. The van der Waals surface area contributed by atoms with Crippen molar-refractivity contribution in [1.29, 1.82) is 0 Å². The molecule has 1 aromatic heterocycles. The highest BCUT2D eigenvalue weighted by molar-refractivity contribution is 5.86. The van der Waals surface area contributed by atoms with E-state index in [0.717, 1.165) is 0 Å². The largest absolute Gasteiger partial charge is 0.507 e. The predicted octanol–water partition coefficient (Wildman–Crippen LogP) is 3.34. The number of rotatable bonds is 8. The molecule has 31 heavy (non-hydrogen) atoms. The Bertz CT molecular complexity index is 1130. The first kappa shape index (κ1) is 22.0. The van der Waals surface area contributed by atoms with Gasteiger partial charge in [0.1, 0.15) is 5.75 Å². The Balaban J connectivity index is 2.27. The van der Waals surface area contributed by atoms with Crippen LogP contribution < -0.4 is 19.8 Å². The zero-order chi connectivity index (χ0) is 22.5. The number of ether oxygens (including phenoxy) is 4. The summed E-state index contributed by atoms with van der Waals surface area (Å²) in [5, 5.41) is 11.5. The number of esters is 1. The lowest BCUT2D eigenvalue weighted by molar-refractivity contribution is -0.143. The van der Waals surface area contributed by atoms with Gasteiger partial charge in [0.15, 0.2) is 11.5 Å². The zero-order valence-corrected chi connectivity index (χ0v) is 17.9. The van der Waals surface area contributed by atoms with Crippen molar-refractivity contribution in [3.05, 3.63) is 57.9 Å². The number of carbonyl (C=O) groups is 1. The molecule has 3 aromatic rings. The first-order valence-electron chi connectivity index (χ1n) is 9.74. The molecule has 0 aliphatic rings. The average Bonchev–Trinajstić information content (AvgIpc) is 2.77. The molecule has 0 saturated carbocycles. The van der Waals surface area contributed by atoms with Crippen LogP contribution in [0.15, 0.2) is 41.2 Å². The van der Waals surface area contributed by atoms with E-state index in [1.165, 1.54) is 21.3 Å². The highest BCUT2D eigenvalue weighted by Gasteiger charge is 2.28. The first-order chi connectivity index (χ1) is 14.9. The molecule has 0 spiro atoms. The molecule has 0 aliphatic carbocycles. The fourth-order valence-corrected chi connectivity index (χ4v) is 3.64. The Morgan fingerprint density at radius 1 is 1.06 bits per heavy atom. The van der Waals surface area contributed by atoms with E-state index in [0.29, 0.717) is 33.7 Å². The lowest BCUT2D eigenvalue weighted by Crippen LogP contribution is -2.21. The van der Waals surface area contributed by atoms with Crippen LogP contribution >= 0.6 is 0 Å². The second-order valence-corrected chi connectivity index (χ2v) is 6.78. The maximum atomic E-state index is 13.0. The Morgan fingerprint density at radius 3 is 2.29 bits per heavy atom. The monoisotopic (exact) mass is 427 g/mol. The average molecular weight is 427 g/mol. The third-order valence-electron chi connectivity index (χ3n) is 5.04. The van der Waals surface area contributed by atoms with Crippen LogP contribution in [0.5, 0.6) is 23.0 Å². The number of para-hydroxylation sites is 1. The van der Waals surface area contributed by atoms with Crippen LogP contribution in [0, 0.1) is 0 Å². The van der Waals surface area contributed by atoms with Crippen molar-refractivity contribution < 1.29 is 28.8 Å². The fraction of sp³-hybridized carbons (Fsp3) is 0.304. The molecule has 0 aliphatic heterocycles. The number of aromatic nitrogens is 1. The number of pyridine rings is 1. The summed E-state index contributed by atoms with van der Waals surface area (Å²) in [4.78, 5) is 28.2. The summed E-state index contributed by atoms with van der Waals surface area (Å²) in [5.74, 6) is -0.415. The molecule has 8 nitrogen and oxygen atoms in total. The Labute approximate surface area is 179 Å². The van der Waals surface area contributed by atoms with Crippen LogP contribution in [0.3, 0.4) is 0 Å². The Hall–Kier alpha value is -3.68. The van der Waals surface area contributed by atoms with Crippen LogP contribution in [0.4, 0.5) is 0 Å². The molecule has 164 valence electrons. The first-order valence-corrected chi connectivity index (χ1v) is 9.74. The molecule has 1 unspecified atom stereocenters. The van der Waals surface area contributed by atoms with Gasteiger partial charge in [-0.2, -0.15) is 0 Å². The van der Waals surface area contributed by atoms with Gasteiger partial charge in [0.2, 0.25) is 5.75 Å². The van der Waals surface area contributed by atoms with E-state index in [-0.39, 0.29) is 24.3 Å². The highest BCUT2D eigenvalue weighted by Crippen LogP contribution is 2.43. The molecule has 3 rings (SSSR count). The van der Waals surface area contributed by atoms with Crippen molar-refractivity contribution in [2.45, 2.75) is 19.3 Å². The molecule has 8 heteroatoms. The van der Waals surface area contributed by atoms with Crippen molar-refractivity contribution in [3.63, 3.8) is 0 Å². The van der Waals surface area contributed by atoms with Gasteiger partial charge >= 0.3 is 5.97 Å². The van der Waals surface area contributed by atoms with Crippen LogP contribution in [-0.4, -0.2) is 44.0 Å². The lowest BCUT2D eigenvalue weighted by atomic mass is 9.87. The number of methoxy groups -OCH3 is 3. The van der Waals surface area contributed by atoms with E-state index in [1.807, 2.05) is 0 Å². The fourth-order valence-electron chi connectivity index (χ4n) is 3.64. The van der Waals surface area contributed by atoms with Gasteiger partial charge in [-0.25, -0.2) is 0 Å². The SMILES string of the molecule is CCOC(=O)CC(c1cc(OC)c(OC)c(OC)c1)c1c(O)c2ccccc2[nH]c1=O. The molecular formula is C23H25NO7. The van der Waals surface area contributed by atoms with Gasteiger partial charge in [0.05, 0.1) is 45.4 Å². The van der Waals surface area contributed by atoms with E-state index < -0.39 is 17.4 Å². The van der Waals surface area contributed by atoms with Gasteiger partial charge in [-0.05, 0) is 36.8 Å². The molecular weight excluding hydrogens is 402 g/mol. The van der Waals surface area contributed by atoms with Gasteiger partial charge in [-0.1, -0.05) is 12.1 Å². The van der Waals surface area contributed by atoms with Gasteiger partial charge in [0, 0.05) is 11.3 Å². The van der Waals surface area contributed by atoms with E-state index in [4.69, 9.17) is 18.9 Å². The van der Waals surface area contributed by atoms with Crippen molar-refractivity contribution >= 4 is 16.9 Å². The quantitative estimate of drug-likeness (QED) is 0.531. The zero-order valence-electron chi connectivity index (χ0n) is 17.9. The standard InChI is InChI=1S/C23H25NO7/c1-5-31-19(25)12-15(13-10-17(28-2)22(30-4)18(11-13)29-3)20-21(26)14-8-6-7-9-16(14)24-23(20)27/h6-11,15H,5,12H2,1-4H3,(H2,24,26,27). The molecule has 1 heterocycles. The van der Waals surface area contributed by atoms with Crippen molar-refractivity contribution in [2.24, 2.45) is 0 Å². The van der Waals surface area contributed by atoms with Gasteiger partial charge < -0.3 is 29.0 Å². The highest BCUT2D eigenvalue weighted by atomic mass is 16.5. The Kier molecular flexibility index (Phi) is 6.69. The predicted molar refractivity (Wildman–Crippen MR) is 115 cm³/mol. The third kappa shape index (κ3) is 4.28. The molecule has 1 atom stereocenters.